The molecule has 0 radical (unpaired) electrons. The second-order valence-electron chi connectivity index (χ2n) is 3.62. The normalized spacial score (nSPS) is 10.1. The van der Waals surface area contributed by atoms with E-state index in [1.807, 2.05) is 23.6 Å². The molecule has 1 heterocycles. The summed E-state index contributed by atoms with van der Waals surface area (Å²) in [6, 6.07) is 9.22. The first-order chi connectivity index (χ1) is 8.70. The first-order valence-corrected chi connectivity index (χ1v) is 7.05. The molecule has 0 fully saturated rings. The highest BCUT2D eigenvalue weighted by Gasteiger charge is 2.10. The van der Waals surface area contributed by atoms with E-state index in [1.165, 1.54) is 0 Å². The van der Waals surface area contributed by atoms with E-state index >= 15 is 0 Å². The molecule has 0 spiro atoms. The maximum atomic E-state index is 11.7. The summed E-state index contributed by atoms with van der Waals surface area (Å²) in [6.45, 7) is 0.454. The van der Waals surface area contributed by atoms with Gasteiger partial charge in [0, 0.05) is 12.6 Å². The van der Waals surface area contributed by atoms with Crippen LogP contribution in [0.4, 0.5) is 0 Å². The van der Waals surface area contributed by atoms with E-state index in [4.69, 9.17) is 4.74 Å². The molecular formula is C13H12BrNO2S. The van der Waals surface area contributed by atoms with Crippen LogP contribution in [0, 0.1) is 0 Å². The van der Waals surface area contributed by atoms with Crippen LogP contribution in [0.25, 0.3) is 0 Å². The van der Waals surface area contributed by atoms with Crippen molar-refractivity contribution in [3.8, 4) is 5.75 Å². The topological polar surface area (TPSA) is 38.3 Å². The predicted octanol–water partition coefficient (Wildman–Crippen LogP) is 3.45. The number of rotatable bonds is 4. The molecular weight excluding hydrogens is 314 g/mol. The molecule has 18 heavy (non-hydrogen) atoms. The van der Waals surface area contributed by atoms with Crippen LogP contribution >= 0.6 is 27.3 Å². The van der Waals surface area contributed by atoms with Crippen molar-refractivity contribution in [3.05, 3.63) is 50.6 Å². The zero-order chi connectivity index (χ0) is 13.0. The molecule has 0 bridgehead atoms. The minimum Gasteiger partial charge on any atom is -0.488 e. The maximum absolute atomic E-state index is 11.7. The zero-order valence-electron chi connectivity index (χ0n) is 9.77. The Balaban J connectivity index is 2.11. The number of nitrogens with one attached hydrogen (secondary N) is 1. The van der Waals surface area contributed by atoms with Crippen molar-refractivity contribution in [3.63, 3.8) is 0 Å². The summed E-state index contributed by atoms with van der Waals surface area (Å²) in [5.41, 5.74) is 1.63. The van der Waals surface area contributed by atoms with Crippen LogP contribution in [0.3, 0.4) is 0 Å². The number of para-hydroxylation sites is 1. The minimum atomic E-state index is -0.142. The van der Waals surface area contributed by atoms with Gasteiger partial charge >= 0.3 is 0 Å². The summed E-state index contributed by atoms with van der Waals surface area (Å²) in [5.74, 6) is 0.455. The van der Waals surface area contributed by atoms with E-state index in [2.05, 4.69) is 21.2 Å². The van der Waals surface area contributed by atoms with Crippen molar-refractivity contribution in [1.29, 1.82) is 0 Å². The summed E-state index contributed by atoms with van der Waals surface area (Å²) in [5, 5.41) is 4.62. The predicted molar refractivity (Wildman–Crippen MR) is 76.2 cm³/mol. The third kappa shape index (κ3) is 3.11. The first kappa shape index (κ1) is 13.1. The van der Waals surface area contributed by atoms with Crippen molar-refractivity contribution in [2.24, 2.45) is 0 Å². The molecule has 0 atom stereocenters. The highest BCUT2D eigenvalue weighted by molar-refractivity contribution is 9.11. The average molecular weight is 326 g/mol. The van der Waals surface area contributed by atoms with Crippen molar-refractivity contribution in [1.82, 2.24) is 5.32 Å². The van der Waals surface area contributed by atoms with Crippen LogP contribution in [0.1, 0.15) is 15.9 Å². The number of carbonyl (C=O) groups excluding carboxylic acids is 1. The Bertz CT molecular complexity index is 553. The zero-order valence-corrected chi connectivity index (χ0v) is 12.2. The van der Waals surface area contributed by atoms with Gasteiger partial charge in [0.1, 0.15) is 12.4 Å². The van der Waals surface area contributed by atoms with Gasteiger partial charge in [-0.1, -0.05) is 12.1 Å². The highest BCUT2D eigenvalue weighted by atomic mass is 79.9. The molecule has 1 N–H and O–H groups in total. The van der Waals surface area contributed by atoms with Crippen LogP contribution in [0.2, 0.25) is 0 Å². The van der Waals surface area contributed by atoms with Crippen LogP contribution < -0.4 is 10.1 Å². The first-order valence-electron chi connectivity index (χ1n) is 5.37. The van der Waals surface area contributed by atoms with Crippen LogP contribution in [-0.4, -0.2) is 13.0 Å². The van der Waals surface area contributed by atoms with E-state index < -0.39 is 0 Å². The van der Waals surface area contributed by atoms with Crippen LogP contribution in [-0.2, 0) is 6.61 Å². The van der Waals surface area contributed by atoms with Crippen molar-refractivity contribution in [2.45, 2.75) is 6.61 Å². The summed E-state index contributed by atoms with van der Waals surface area (Å²) < 4.78 is 6.75. The molecule has 1 amide bonds. The van der Waals surface area contributed by atoms with Gasteiger partial charge in [-0.15, -0.1) is 11.3 Å². The standard InChI is InChI=1S/C13H12BrNO2S/c1-15-13(16)10-4-2-3-5-11(10)17-7-9-6-12(14)18-8-9/h2-6,8H,7H2,1H3,(H,15,16). The fourth-order valence-electron chi connectivity index (χ4n) is 1.50. The van der Waals surface area contributed by atoms with E-state index in [1.54, 1.807) is 30.5 Å². The van der Waals surface area contributed by atoms with Gasteiger partial charge < -0.3 is 10.1 Å². The van der Waals surface area contributed by atoms with Crippen LogP contribution in [0.15, 0.2) is 39.5 Å². The van der Waals surface area contributed by atoms with Crippen molar-refractivity contribution >= 4 is 33.2 Å². The monoisotopic (exact) mass is 325 g/mol. The Hall–Kier alpha value is -1.33. The van der Waals surface area contributed by atoms with Gasteiger partial charge in [-0.05, 0) is 39.5 Å². The number of thiophene rings is 1. The van der Waals surface area contributed by atoms with Gasteiger partial charge in [0.15, 0.2) is 0 Å². The third-order valence-electron chi connectivity index (χ3n) is 2.37. The lowest BCUT2D eigenvalue weighted by molar-refractivity contribution is 0.0958. The molecule has 0 aliphatic heterocycles. The molecule has 2 aromatic rings. The quantitative estimate of drug-likeness (QED) is 0.935. The van der Waals surface area contributed by atoms with Gasteiger partial charge in [0.05, 0.1) is 9.35 Å². The maximum Gasteiger partial charge on any atom is 0.254 e. The van der Waals surface area contributed by atoms with Gasteiger partial charge in [-0.3, -0.25) is 4.79 Å². The van der Waals surface area contributed by atoms with Crippen molar-refractivity contribution < 1.29 is 9.53 Å². The Labute approximate surface area is 118 Å². The molecule has 5 heteroatoms. The molecule has 0 aliphatic carbocycles. The second-order valence-corrected chi connectivity index (χ2v) is 5.91. The molecule has 1 aromatic heterocycles. The summed E-state index contributed by atoms with van der Waals surface area (Å²) in [7, 11) is 1.61. The molecule has 3 nitrogen and oxygen atoms in total. The Kier molecular flexibility index (Phi) is 4.38. The third-order valence-corrected chi connectivity index (χ3v) is 3.93. The van der Waals surface area contributed by atoms with Crippen LogP contribution in [0.5, 0.6) is 5.75 Å². The van der Waals surface area contributed by atoms with E-state index in [0.717, 1.165) is 9.35 Å². The van der Waals surface area contributed by atoms with Gasteiger partial charge in [-0.25, -0.2) is 0 Å². The van der Waals surface area contributed by atoms with E-state index in [-0.39, 0.29) is 5.91 Å². The van der Waals surface area contributed by atoms with Crippen molar-refractivity contribution in [2.75, 3.05) is 7.05 Å². The Morgan fingerprint density at radius 2 is 2.22 bits per heavy atom. The Morgan fingerprint density at radius 1 is 1.44 bits per heavy atom. The minimum absolute atomic E-state index is 0.142. The molecule has 0 aliphatic rings. The largest absolute Gasteiger partial charge is 0.488 e. The molecule has 0 saturated heterocycles. The van der Waals surface area contributed by atoms with Gasteiger partial charge in [-0.2, -0.15) is 0 Å². The number of halogens is 1. The average Bonchev–Trinajstić information content (AvgIpc) is 2.81. The number of hydrogen-bond acceptors (Lipinski definition) is 3. The summed E-state index contributed by atoms with van der Waals surface area (Å²) in [6.07, 6.45) is 0. The number of carbonyl (C=O) groups is 1. The summed E-state index contributed by atoms with van der Waals surface area (Å²) in [4.78, 5) is 11.7. The van der Waals surface area contributed by atoms with E-state index in [0.29, 0.717) is 17.9 Å². The SMILES string of the molecule is CNC(=O)c1ccccc1OCc1csc(Br)c1. The van der Waals surface area contributed by atoms with E-state index in [9.17, 15) is 4.79 Å². The number of amides is 1. The molecule has 1 aromatic carbocycles. The fourth-order valence-corrected chi connectivity index (χ4v) is 2.69. The van der Waals surface area contributed by atoms with Gasteiger partial charge in [0.2, 0.25) is 0 Å². The molecule has 2 rings (SSSR count). The summed E-state index contributed by atoms with van der Waals surface area (Å²) >= 11 is 5.02. The lowest BCUT2D eigenvalue weighted by Gasteiger charge is -2.09. The molecule has 0 unspecified atom stereocenters. The number of ether oxygens (including phenoxy) is 1. The molecule has 0 saturated carbocycles. The molecule has 94 valence electrons. The fraction of sp³-hybridized carbons (Fsp3) is 0.154. The number of benzene rings is 1. The smallest absolute Gasteiger partial charge is 0.254 e. The lowest BCUT2D eigenvalue weighted by Crippen LogP contribution is -2.18. The van der Waals surface area contributed by atoms with Gasteiger partial charge in [0.25, 0.3) is 5.91 Å². The number of hydrogen-bond donors (Lipinski definition) is 1. The Morgan fingerprint density at radius 3 is 2.89 bits per heavy atom. The highest BCUT2D eigenvalue weighted by Crippen LogP contribution is 2.23. The lowest BCUT2D eigenvalue weighted by atomic mass is 10.2. The second kappa shape index (κ2) is 6.02.